The van der Waals surface area contributed by atoms with Crippen molar-refractivity contribution in [3.63, 3.8) is 0 Å². The summed E-state index contributed by atoms with van der Waals surface area (Å²) in [6, 6.07) is 4.39. The first-order valence-electron chi connectivity index (χ1n) is 6.89. The van der Waals surface area contributed by atoms with E-state index in [1.165, 1.54) is 12.1 Å². The summed E-state index contributed by atoms with van der Waals surface area (Å²) in [6.45, 7) is 5.02. The zero-order valence-corrected chi connectivity index (χ0v) is 13.8. The van der Waals surface area contributed by atoms with Gasteiger partial charge in [-0.1, -0.05) is 19.0 Å². The van der Waals surface area contributed by atoms with Gasteiger partial charge in [0.25, 0.3) is 0 Å². The Bertz CT molecular complexity index is 613. The third-order valence-corrected chi connectivity index (χ3v) is 4.13. The smallest absolute Gasteiger partial charge is 0.226 e. The van der Waals surface area contributed by atoms with Gasteiger partial charge < -0.3 is 10.3 Å². The average molecular weight is 356 g/mol. The van der Waals surface area contributed by atoms with Crippen molar-refractivity contribution < 1.29 is 8.91 Å². The molecule has 1 aromatic carbocycles. The minimum absolute atomic E-state index is 0.153. The number of rotatable bonds is 6. The van der Waals surface area contributed by atoms with Crippen molar-refractivity contribution in [3.8, 4) is 11.4 Å². The van der Waals surface area contributed by atoms with E-state index < -0.39 is 0 Å². The van der Waals surface area contributed by atoms with E-state index in [4.69, 9.17) is 10.3 Å². The molecule has 4 nitrogen and oxygen atoms in total. The molecule has 0 spiro atoms. The van der Waals surface area contributed by atoms with Crippen LogP contribution >= 0.6 is 15.9 Å². The van der Waals surface area contributed by atoms with Crippen LogP contribution in [0.3, 0.4) is 0 Å². The summed E-state index contributed by atoms with van der Waals surface area (Å²) in [5, 5.41) is 3.96. The molecule has 0 bridgehead atoms. The molecular weight excluding hydrogens is 337 g/mol. The van der Waals surface area contributed by atoms with Crippen molar-refractivity contribution in [2.24, 2.45) is 11.1 Å². The first kappa shape index (κ1) is 16.1. The Balaban J connectivity index is 2.08. The molecule has 21 heavy (non-hydrogen) atoms. The summed E-state index contributed by atoms with van der Waals surface area (Å²) in [6.07, 6.45) is 2.59. The molecule has 0 radical (unpaired) electrons. The fourth-order valence-corrected chi connectivity index (χ4v) is 2.63. The van der Waals surface area contributed by atoms with Gasteiger partial charge in [0, 0.05) is 16.5 Å². The topological polar surface area (TPSA) is 64.9 Å². The molecule has 2 aromatic rings. The standard InChI is InChI=1S/C15H19BrFN3O/c1-15(2,7-8-18)6-5-13-19-14(20-21-13)11-4-3-10(17)9-12(11)16/h3-4,9H,5-8,18H2,1-2H3. The SMILES string of the molecule is CC(C)(CCN)CCc1nc(-c2ccc(F)cc2Br)no1. The summed E-state index contributed by atoms with van der Waals surface area (Å²) in [7, 11) is 0. The van der Waals surface area contributed by atoms with Gasteiger partial charge in [-0.25, -0.2) is 4.39 Å². The molecule has 0 aliphatic carbocycles. The third-order valence-electron chi connectivity index (χ3n) is 3.48. The molecule has 0 saturated carbocycles. The summed E-state index contributed by atoms with van der Waals surface area (Å²) in [5.41, 5.74) is 6.47. The average Bonchev–Trinajstić information content (AvgIpc) is 2.85. The highest BCUT2D eigenvalue weighted by Crippen LogP contribution is 2.29. The lowest BCUT2D eigenvalue weighted by Crippen LogP contribution is -2.17. The van der Waals surface area contributed by atoms with E-state index in [-0.39, 0.29) is 11.2 Å². The number of aryl methyl sites for hydroxylation is 1. The first-order valence-corrected chi connectivity index (χ1v) is 7.69. The number of hydrogen-bond donors (Lipinski definition) is 1. The number of hydrogen-bond acceptors (Lipinski definition) is 4. The molecule has 1 heterocycles. The molecular formula is C15H19BrFN3O. The van der Waals surface area contributed by atoms with Crippen LogP contribution in [-0.2, 0) is 6.42 Å². The second kappa shape index (κ2) is 6.66. The molecule has 0 unspecified atom stereocenters. The minimum Gasteiger partial charge on any atom is -0.339 e. The number of halogens is 2. The second-order valence-corrected chi connectivity index (χ2v) is 6.69. The largest absolute Gasteiger partial charge is 0.339 e. The maximum absolute atomic E-state index is 13.1. The predicted molar refractivity (Wildman–Crippen MR) is 83.2 cm³/mol. The first-order chi connectivity index (χ1) is 9.91. The minimum atomic E-state index is -0.308. The van der Waals surface area contributed by atoms with E-state index in [1.807, 2.05) is 0 Å². The summed E-state index contributed by atoms with van der Waals surface area (Å²) >= 11 is 3.31. The van der Waals surface area contributed by atoms with Gasteiger partial charge in [0.1, 0.15) is 5.82 Å². The number of benzene rings is 1. The molecule has 0 saturated heterocycles. The Hall–Kier alpha value is -1.27. The Morgan fingerprint density at radius 3 is 2.76 bits per heavy atom. The predicted octanol–water partition coefficient (Wildman–Crippen LogP) is 3.95. The Labute approximate surface area is 132 Å². The number of nitrogens with zero attached hydrogens (tertiary/aromatic N) is 2. The van der Waals surface area contributed by atoms with E-state index >= 15 is 0 Å². The molecule has 0 aliphatic heterocycles. The lowest BCUT2D eigenvalue weighted by atomic mass is 9.84. The zero-order valence-electron chi connectivity index (χ0n) is 12.2. The molecule has 1 aromatic heterocycles. The zero-order chi connectivity index (χ0) is 15.5. The van der Waals surface area contributed by atoms with Gasteiger partial charge in [0.15, 0.2) is 0 Å². The third kappa shape index (κ3) is 4.35. The van der Waals surface area contributed by atoms with Crippen LogP contribution in [-0.4, -0.2) is 16.7 Å². The lowest BCUT2D eigenvalue weighted by molar-refractivity contribution is 0.289. The van der Waals surface area contributed by atoms with Crippen molar-refractivity contribution in [3.05, 3.63) is 34.4 Å². The van der Waals surface area contributed by atoms with Crippen LogP contribution in [0.2, 0.25) is 0 Å². The molecule has 6 heteroatoms. The normalized spacial score (nSPS) is 11.9. The van der Waals surface area contributed by atoms with Crippen LogP contribution in [0.25, 0.3) is 11.4 Å². The molecule has 114 valence electrons. The quantitative estimate of drug-likeness (QED) is 0.851. The fraction of sp³-hybridized carbons (Fsp3) is 0.467. The van der Waals surface area contributed by atoms with Crippen molar-refractivity contribution in [2.75, 3.05) is 6.54 Å². The molecule has 2 N–H and O–H groups in total. The number of nitrogens with two attached hydrogens (primary N) is 1. The lowest BCUT2D eigenvalue weighted by Gasteiger charge is -2.22. The van der Waals surface area contributed by atoms with Crippen molar-refractivity contribution >= 4 is 15.9 Å². The molecule has 0 atom stereocenters. The van der Waals surface area contributed by atoms with E-state index in [0.717, 1.165) is 12.8 Å². The Morgan fingerprint density at radius 1 is 1.33 bits per heavy atom. The van der Waals surface area contributed by atoms with Crippen LogP contribution < -0.4 is 5.73 Å². The van der Waals surface area contributed by atoms with Gasteiger partial charge in [-0.2, -0.15) is 4.98 Å². The monoisotopic (exact) mass is 355 g/mol. The van der Waals surface area contributed by atoms with E-state index in [1.54, 1.807) is 6.07 Å². The van der Waals surface area contributed by atoms with Crippen LogP contribution in [0.5, 0.6) is 0 Å². The van der Waals surface area contributed by atoms with Crippen LogP contribution in [0.1, 0.15) is 32.6 Å². The van der Waals surface area contributed by atoms with Crippen molar-refractivity contribution in [1.29, 1.82) is 0 Å². The highest BCUT2D eigenvalue weighted by molar-refractivity contribution is 9.10. The van der Waals surface area contributed by atoms with Gasteiger partial charge in [-0.05, 0) is 58.9 Å². The molecule has 2 rings (SSSR count). The highest BCUT2D eigenvalue weighted by atomic mass is 79.9. The fourth-order valence-electron chi connectivity index (χ4n) is 2.10. The van der Waals surface area contributed by atoms with E-state index in [0.29, 0.717) is 34.7 Å². The molecule has 0 amide bonds. The second-order valence-electron chi connectivity index (χ2n) is 5.84. The van der Waals surface area contributed by atoms with Crippen LogP contribution in [0, 0.1) is 11.2 Å². The maximum atomic E-state index is 13.1. The van der Waals surface area contributed by atoms with E-state index in [2.05, 4.69) is 39.9 Å². The summed E-state index contributed by atoms with van der Waals surface area (Å²) in [4.78, 5) is 4.37. The highest BCUT2D eigenvalue weighted by Gasteiger charge is 2.19. The van der Waals surface area contributed by atoms with Gasteiger partial charge in [0.05, 0.1) is 0 Å². The van der Waals surface area contributed by atoms with Crippen molar-refractivity contribution in [1.82, 2.24) is 10.1 Å². The van der Waals surface area contributed by atoms with Crippen LogP contribution in [0.4, 0.5) is 4.39 Å². The van der Waals surface area contributed by atoms with Gasteiger partial charge >= 0.3 is 0 Å². The molecule has 0 aliphatic rings. The maximum Gasteiger partial charge on any atom is 0.226 e. The molecule has 0 fully saturated rings. The number of aromatic nitrogens is 2. The Morgan fingerprint density at radius 2 is 2.10 bits per heavy atom. The summed E-state index contributed by atoms with van der Waals surface area (Å²) < 4.78 is 19.0. The summed E-state index contributed by atoms with van der Waals surface area (Å²) in [5.74, 6) is 0.748. The van der Waals surface area contributed by atoms with Gasteiger partial charge in [-0.3, -0.25) is 0 Å². The van der Waals surface area contributed by atoms with Crippen molar-refractivity contribution in [2.45, 2.75) is 33.1 Å². The van der Waals surface area contributed by atoms with Gasteiger partial charge in [0.2, 0.25) is 11.7 Å². The van der Waals surface area contributed by atoms with E-state index in [9.17, 15) is 4.39 Å². The Kier molecular flexibility index (Phi) is 5.11. The van der Waals surface area contributed by atoms with Gasteiger partial charge in [-0.15, -0.1) is 0 Å². The van der Waals surface area contributed by atoms with Crippen LogP contribution in [0.15, 0.2) is 27.2 Å².